The summed E-state index contributed by atoms with van der Waals surface area (Å²) in [6.07, 6.45) is 0. The molecule has 3 nitrogen and oxygen atoms in total. The van der Waals surface area contributed by atoms with Crippen LogP contribution in [0.15, 0.2) is 18.2 Å². The number of aryl methyl sites for hydroxylation is 1. The molecule has 0 saturated carbocycles. The number of likely N-dealkylation sites (N-methyl/N-ethyl adjacent to an activating group) is 1. The number of rotatable bonds is 6. The smallest absolute Gasteiger partial charge is 0.122 e. The Bertz CT molecular complexity index is 350. The van der Waals surface area contributed by atoms with Gasteiger partial charge in [-0.05, 0) is 52.2 Å². The molecule has 96 valence electrons. The SMILES string of the molecule is CNC(C)c1ccc(OCCN(C)C)c(C)c1. The Morgan fingerprint density at radius 3 is 2.59 bits per heavy atom. The van der Waals surface area contributed by atoms with Crippen molar-refractivity contribution in [3.05, 3.63) is 29.3 Å². The van der Waals surface area contributed by atoms with E-state index in [2.05, 4.69) is 42.3 Å². The van der Waals surface area contributed by atoms with Crippen molar-refractivity contribution >= 4 is 0 Å². The van der Waals surface area contributed by atoms with E-state index in [0.29, 0.717) is 6.04 Å². The third kappa shape index (κ3) is 4.36. The fraction of sp³-hybridized carbons (Fsp3) is 0.571. The van der Waals surface area contributed by atoms with Gasteiger partial charge in [0.05, 0.1) is 0 Å². The second kappa shape index (κ2) is 6.62. The van der Waals surface area contributed by atoms with Gasteiger partial charge in [0.1, 0.15) is 12.4 Å². The summed E-state index contributed by atoms with van der Waals surface area (Å²) >= 11 is 0. The van der Waals surface area contributed by atoms with Crippen molar-refractivity contribution in [2.75, 3.05) is 34.3 Å². The molecule has 0 saturated heterocycles. The van der Waals surface area contributed by atoms with E-state index in [1.54, 1.807) is 0 Å². The molecule has 1 aromatic carbocycles. The lowest BCUT2D eigenvalue weighted by Gasteiger charge is -2.15. The molecule has 1 rings (SSSR count). The quantitative estimate of drug-likeness (QED) is 0.819. The van der Waals surface area contributed by atoms with E-state index in [1.807, 2.05) is 21.1 Å². The molecular formula is C14H24N2O. The van der Waals surface area contributed by atoms with Gasteiger partial charge in [-0.3, -0.25) is 0 Å². The fourth-order valence-corrected chi connectivity index (χ4v) is 1.61. The zero-order valence-corrected chi connectivity index (χ0v) is 11.6. The van der Waals surface area contributed by atoms with Gasteiger partial charge in [0.25, 0.3) is 0 Å². The Hall–Kier alpha value is -1.06. The zero-order chi connectivity index (χ0) is 12.8. The maximum Gasteiger partial charge on any atom is 0.122 e. The van der Waals surface area contributed by atoms with Crippen molar-refractivity contribution in [1.29, 1.82) is 0 Å². The van der Waals surface area contributed by atoms with E-state index in [1.165, 1.54) is 11.1 Å². The van der Waals surface area contributed by atoms with Crippen molar-refractivity contribution in [2.24, 2.45) is 0 Å². The topological polar surface area (TPSA) is 24.5 Å². The van der Waals surface area contributed by atoms with Gasteiger partial charge in [-0.15, -0.1) is 0 Å². The summed E-state index contributed by atoms with van der Waals surface area (Å²) in [5, 5.41) is 3.24. The van der Waals surface area contributed by atoms with Crippen LogP contribution in [0.25, 0.3) is 0 Å². The van der Waals surface area contributed by atoms with Gasteiger partial charge in [-0.2, -0.15) is 0 Å². The van der Waals surface area contributed by atoms with E-state index >= 15 is 0 Å². The summed E-state index contributed by atoms with van der Waals surface area (Å²) in [7, 11) is 6.07. The van der Waals surface area contributed by atoms with Crippen LogP contribution in [0, 0.1) is 6.92 Å². The van der Waals surface area contributed by atoms with E-state index in [0.717, 1.165) is 18.9 Å². The van der Waals surface area contributed by atoms with E-state index in [4.69, 9.17) is 4.74 Å². The largest absolute Gasteiger partial charge is 0.492 e. The van der Waals surface area contributed by atoms with E-state index < -0.39 is 0 Å². The van der Waals surface area contributed by atoms with Crippen molar-refractivity contribution in [1.82, 2.24) is 10.2 Å². The maximum absolute atomic E-state index is 5.75. The first-order chi connectivity index (χ1) is 8.04. The third-order valence-corrected chi connectivity index (χ3v) is 2.93. The number of hydrogen-bond acceptors (Lipinski definition) is 3. The summed E-state index contributed by atoms with van der Waals surface area (Å²) in [6.45, 7) is 5.92. The van der Waals surface area contributed by atoms with E-state index in [-0.39, 0.29) is 0 Å². The molecule has 0 spiro atoms. The van der Waals surface area contributed by atoms with Gasteiger partial charge in [0.2, 0.25) is 0 Å². The van der Waals surface area contributed by atoms with E-state index in [9.17, 15) is 0 Å². The molecule has 0 aliphatic rings. The number of nitrogens with zero attached hydrogens (tertiary/aromatic N) is 1. The number of benzene rings is 1. The van der Waals surface area contributed by atoms with Gasteiger partial charge in [0.15, 0.2) is 0 Å². The molecule has 0 aliphatic carbocycles. The van der Waals surface area contributed by atoms with Crippen LogP contribution in [0.2, 0.25) is 0 Å². The van der Waals surface area contributed by atoms with Gasteiger partial charge in [-0.25, -0.2) is 0 Å². The predicted molar refractivity (Wildman–Crippen MR) is 72.7 cm³/mol. The lowest BCUT2D eigenvalue weighted by Crippen LogP contribution is -2.19. The summed E-state index contributed by atoms with van der Waals surface area (Å²) in [4.78, 5) is 2.12. The Morgan fingerprint density at radius 1 is 1.35 bits per heavy atom. The van der Waals surface area contributed by atoms with Crippen molar-refractivity contribution in [2.45, 2.75) is 19.9 Å². The lowest BCUT2D eigenvalue weighted by atomic mass is 10.1. The normalized spacial score (nSPS) is 12.8. The van der Waals surface area contributed by atoms with Gasteiger partial charge >= 0.3 is 0 Å². The first-order valence-corrected chi connectivity index (χ1v) is 6.10. The van der Waals surface area contributed by atoms with Crippen LogP contribution in [0.5, 0.6) is 5.75 Å². The van der Waals surface area contributed by atoms with Crippen molar-refractivity contribution in [3.8, 4) is 5.75 Å². The Kier molecular flexibility index (Phi) is 5.45. The lowest BCUT2D eigenvalue weighted by molar-refractivity contribution is 0.260. The molecule has 1 N–H and O–H groups in total. The molecule has 0 aliphatic heterocycles. The fourth-order valence-electron chi connectivity index (χ4n) is 1.61. The number of nitrogens with one attached hydrogen (secondary N) is 1. The molecule has 1 aromatic rings. The second-order valence-electron chi connectivity index (χ2n) is 4.69. The average Bonchev–Trinajstić information content (AvgIpc) is 2.29. The summed E-state index contributed by atoms with van der Waals surface area (Å²) in [5.41, 5.74) is 2.49. The standard InChI is InChI=1S/C14H24N2O/c1-11-10-13(12(2)15-3)6-7-14(11)17-9-8-16(4)5/h6-7,10,12,15H,8-9H2,1-5H3. The second-order valence-corrected chi connectivity index (χ2v) is 4.69. The molecule has 0 amide bonds. The number of ether oxygens (including phenoxy) is 1. The molecule has 1 unspecified atom stereocenters. The monoisotopic (exact) mass is 236 g/mol. The summed E-state index contributed by atoms with van der Waals surface area (Å²) in [6, 6.07) is 6.75. The molecule has 3 heteroatoms. The van der Waals surface area contributed by atoms with Crippen LogP contribution in [-0.2, 0) is 0 Å². The third-order valence-electron chi connectivity index (χ3n) is 2.93. The summed E-state index contributed by atoms with van der Waals surface area (Å²) < 4.78 is 5.75. The Balaban J connectivity index is 2.63. The minimum absolute atomic E-state index is 0.379. The number of hydrogen-bond donors (Lipinski definition) is 1. The molecule has 0 fully saturated rings. The first-order valence-electron chi connectivity index (χ1n) is 6.10. The minimum Gasteiger partial charge on any atom is -0.492 e. The maximum atomic E-state index is 5.75. The van der Waals surface area contributed by atoms with Crippen LogP contribution in [0.4, 0.5) is 0 Å². The average molecular weight is 236 g/mol. The van der Waals surface area contributed by atoms with Gasteiger partial charge < -0.3 is 15.0 Å². The molecule has 0 bridgehead atoms. The molecule has 0 heterocycles. The molecule has 0 radical (unpaired) electrons. The highest BCUT2D eigenvalue weighted by Crippen LogP contribution is 2.22. The van der Waals surface area contributed by atoms with Crippen LogP contribution >= 0.6 is 0 Å². The highest BCUT2D eigenvalue weighted by atomic mass is 16.5. The molecule has 1 atom stereocenters. The highest BCUT2D eigenvalue weighted by Gasteiger charge is 2.06. The highest BCUT2D eigenvalue weighted by molar-refractivity contribution is 5.37. The zero-order valence-electron chi connectivity index (χ0n) is 11.6. The molecule has 0 aromatic heterocycles. The van der Waals surface area contributed by atoms with Gasteiger partial charge in [0, 0.05) is 12.6 Å². The molecule has 17 heavy (non-hydrogen) atoms. The van der Waals surface area contributed by atoms with Crippen LogP contribution in [0.3, 0.4) is 0 Å². The van der Waals surface area contributed by atoms with Crippen LogP contribution < -0.4 is 10.1 Å². The minimum atomic E-state index is 0.379. The van der Waals surface area contributed by atoms with Crippen molar-refractivity contribution in [3.63, 3.8) is 0 Å². The Labute approximate surface area is 105 Å². The Morgan fingerprint density at radius 2 is 2.06 bits per heavy atom. The first kappa shape index (κ1) is 14.0. The van der Waals surface area contributed by atoms with Crippen LogP contribution in [0.1, 0.15) is 24.1 Å². The van der Waals surface area contributed by atoms with Crippen molar-refractivity contribution < 1.29 is 4.74 Å². The predicted octanol–water partition coefficient (Wildman–Crippen LogP) is 2.22. The summed E-state index contributed by atoms with van der Waals surface area (Å²) in [5.74, 6) is 0.985. The van der Waals surface area contributed by atoms with Gasteiger partial charge in [-0.1, -0.05) is 12.1 Å². The van der Waals surface area contributed by atoms with Crippen LogP contribution in [-0.4, -0.2) is 39.2 Å². The molecular weight excluding hydrogens is 212 g/mol.